The van der Waals surface area contributed by atoms with Gasteiger partial charge in [-0.25, -0.2) is 4.79 Å². The molecule has 8 N–H and O–H groups in total. The Morgan fingerprint density at radius 1 is 1.04 bits per heavy atom. The third-order valence-electron chi connectivity index (χ3n) is 3.69. The molecule has 0 unspecified atom stereocenters. The molecule has 146 valence electrons. The smallest absolute Gasteiger partial charge is 0.328 e. The first-order chi connectivity index (χ1) is 11.6. The molecule has 4 atom stereocenters. The van der Waals surface area contributed by atoms with Crippen LogP contribution in [0.4, 0.5) is 0 Å². The molecule has 0 rings (SSSR count). The number of amides is 2. The van der Waals surface area contributed by atoms with Crippen molar-refractivity contribution in [3.05, 3.63) is 0 Å². The van der Waals surface area contributed by atoms with Crippen LogP contribution < -0.4 is 22.1 Å². The Morgan fingerprint density at radius 2 is 1.64 bits per heavy atom. The maximum atomic E-state index is 12.4. The Labute approximate surface area is 148 Å². The number of aliphatic hydroxyl groups excluding tert-OH is 1. The van der Waals surface area contributed by atoms with Gasteiger partial charge >= 0.3 is 5.97 Å². The van der Waals surface area contributed by atoms with Crippen LogP contribution in [0.15, 0.2) is 0 Å². The van der Waals surface area contributed by atoms with Gasteiger partial charge in [0.25, 0.3) is 0 Å². The zero-order valence-electron chi connectivity index (χ0n) is 15.2. The minimum atomic E-state index is -1.45. The van der Waals surface area contributed by atoms with Crippen LogP contribution in [-0.2, 0) is 14.4 Å². The SMILES string of the molecule is CC(C)C[C@H](NC(=O)[C@@H](N)CCCCN)C(=O)N[C@H](C(=O)O)[C@@H](C)O. The lowest BCUT2D eigenvalue weighted by atomic mass is 10.0. The monoisotopic (exact) mass is 360 g/mol. The van der Waals surface area contributed by atoms with Gasteiger partial charge in [-0.05, 0) is 38.6 Å². The van der Waals surface area contributed by atoms with Crippen LogP contribution in [0.3, 0.4) is 0 Å². The molecule has 0 bridgehead atoms. The summed E-state index contributed by atoms with van der Waals surface area (Å²) in [5.74, 6) is -2.40. The number of hydrogen-bond acceptors (Lipinski definition) is 6. The molecule has 0 aliphatic heterocycles. The molecule has 9 nitrogen and oxygen atoms in total. The van der Waals surface area contributed by atoms with E-state index in [2.05, 4.69) is 10.6 Å². The van der Waals surface area contributed by atoms with E-state index in [1.807, 2.05) is 13.8 Å². The lowest BCUT2D eigenvalue weighted by Gasteiger charge is -2.25. The first-order valence-electron chi connectivity index (χ1n) is 8.57. The Hall–Kier alpha value is -1.71. The molecule has 0 radical (unpaired) electrons. The lowest BCUT2D eigenvalue weighted by molar-refractivity contribution is -0.145. The van der Waals surface area contributed by atoms with Crippen molar-refractivity contribution >= 4 is 17.8 Å². The van der Waals surface area contributed by atoms with Gasteiger partial charge in [-0.1, -0.05) is 20.3 Å². The van der Waals surface area contributed by atoms with E-state index in [0.717, 1.165) is 6.42 Å². The zero-order chi connectivity index (χ0) is 19.6. The second-order valence-corrected chi connectivity index (χ2v) is 6.65. The van der Waals surface area contributed by atoms with Gasteiger partial charge < -0.3 is 32.3 Å². The molecule has 0 aromatic heterocycles. The zero-order valence-corrected chi connectivity index (χ0v) is 15.2. The first-order valence-corrected chi connectivity index (χ1v) is 8.57. The van der Waals surface area contributed by atoms with Crippen molar-refractivity contribution in [1.82, 2.24) is 10.6 Å². The third-order valence-corrected chi connectivity index (χ3v) is 3.69. The fraction of sp³-hybridized carbons (Fsp3) is 0.812. The van der Waals surface area contributed by atoms with Crippen LogP contribution in [-0.4, -0.2) is 58.8 Å². The fourth-order valence-electron chi connectivity index (χ4n) is 2.26. The highest BCUT2D eigenvalue weighted by atomic mass is 16.4. The highest BCUT2D eigenvalue weighted by Gasteiger charge is 2.30. The van der Waals surface area contributed by atoms with Crippen LogP contribution in [0.25, 0.3) is 0 Å². The number of hydrogen-bond donors (Lipinski definition) is 6. The molecular weight excluding hydrogens is 328 g/mol. The van der Waals surface area contributed by atoms with Crippen molar-refractivity contribution in [3.8, 4) is 0 Å². The van der Waals surface area contributed by atoms with E-state index in [1.54, 1.807) is 0 Å². The summed E-state index contributed by atoms with van der Waals surface area (Å²) < 4.78 is 0. The average molecular weight is 360 g/mol. The van der Waals surface area contributed by atoms with E-state index >= 15 is 0 Å². The number of carboxylic acids is 1. The second-order valence-electron chi connectivity index (χ2n) is 6.65. The topological polar surface area (TPSA) is 168 Å². The summed E-state index contributed by atoms with van der Waals surface area (Å²) in [5, 5.41) is 23.4. The summed E-state index contributed by atoms with van der Waals surface area (Å²) >= 11 is 0. The highest BCUT2D eigenvalue weighted by molar-refractivity contribution is 5.91. The fourth-order valence-corrected chi connectivity index (χ4v) is 2.26. The molecule has 9 heteroatoms. The second kappa shape index (κ2) is 11.8. The van der Waals surface area contributed by atoms with Crippen molar-refractivity contribution in [1.29, 1.82) is 0 Å². The van der Waals surface area contributed by atoms with Crippen LogP contribution >= 0.6 is 0 Å². The molecule has 0 aliphatic rings. The van der Waals surface area contributed by atoms with E-state index < -0.39 is 42.0 Å². The quantitative estimate of drug-likeness (QED) is 0.241. The number of aliphatic carboxylic acids is 1. The van der Waals surface area contributed by atoms with Crippen LogP contribution in [0.5, 0.6) is 0 Å². The molecule has 0 aromatic rings. The Morgan fingerprint density at radius 3 is 2.08 bits per heavy atom. The number of carbonyl (C=O) groups excluding carboxylic acids is 2. The van der Waals surface area contributed by atoms with E-state index in [-0.39, 0.29) is 5.92 Å². The lowest BCUT2D eigenvalue weighted by Crippen LogP contribution is -2.56. The number of carbonyl (C=O) groups is 3. The van der Waals surface area contributed by atoms with Crippen molar-refractivity contribution < 1.29 is 24.6 Å². The number of carboxylic acid groups (broad SMARTS) is 1. The van der Waals surface area contributed by atoms with Crippen molar-refractivity contribution in [3.63, 3.8) is 0 Å². The normalized spacial score (nSPS) is 16.0. The Kier molecular flexibility index (Phi) is 11.0. The summed E-state index contributed by atoms with van der Waals surface area (Å²) in [6.45, 7) is 5.53. The van der Waals surface area contributed by atoms with Crippen LogP contribution in [0.2, 0.25) is 0 Å². The molecule has 0 fully saturated rings. The summed E-state index contributed by atoms with van der Waals surface area (Å²) in [6.07, 6.45) is 0.959. The van der Waals surface area contributed by atoms with Crippen molar-refractivity contribution in [2.45, 2.75) is 70.7 Å². The predicted octanol–water partition coefficient (Wildman–Crippen LogP) is -1.08. The molecule has 0 saturated heterocycles. The molecule has 0 heterocycles. The maximum Gasteiger partial charge on any atom is 0.328 e. The minimum Gasteiger partial charge on any atom is -0.480 e. The summed E-state index contributed by atoms with van der Waals surface area (Å²) in [4.78, 5) is 35.6. The number of nitrogens with one attached hydrogen (secondary N) is 2. The van der Waals surface area contributed by atoms with Crippen molar-refractivity contribution in [2.75, 3.05) is 6.54 Å². The predicted molar refractivity (Wildman–Crippen MR) is 93.5 cm³/mol. The van der Waals surface area contributed by atoms with Gasteiger partial charge in [0.05, 0.1) is 12.1 Å². The Balaban J connectivity index is 4.90. The molecule has 0 aromatic carbocycles. The van der Waals surface area contributed by atoms with Gasteiger partial charge in [-0.3, -0.25) is 9.59 Å². The highest BCUT2D eigenvalue weighted by Crippen LogP contribution is 2.07. The summed E-state index contributed by atoms with van der Waals surface area (Å²) in [6, 6.07) is -3.13. The number of unbranched alkanes of at least 4 members (excludes halogenated alkanes) is 1. The average Bonchev–Trinajstić information content (AvgIpc) is 2.50. The maximum absolute atomic E-state index is 12.4. The molecule has 0 spiro atoms. The van der Waals surface area contributed by atoms with Crippen molar-refractivity contribution in [2.24, 2.45) is 17.4 Å². The van der Waals surface area contributed by atoms with Gasteiger partial charge in [-0.2, -0.15) is 0 Å². The van der Waals surface area contributed by atoms with Gasteiger partial charge in [0.2, 0.25) is 11.8 Å². The molecular formula is C16H32N4O5. The molecule has 0 aliphatic carbocycles. The van der Waals surface area contributed by atoms with E-state index in [0.29, 0.717) is 25.8 Å². The standard InChI is InChI=1S/C16H32N4O5/c1-9(2)8-12(15(23)20-13(10(3)21)16(24)25)19-14(22)11(18)6-4-5-7-17/h9-13,21H,4-8,17-18H2,1-3H3,(H,19,22)(H,20,23)(H,24,25)/t10-,11+,12+,13+/m1/s1. The molecule has 2 amide bonds. The summed E-state index contributed by atoms with van der Waals surface area (Å²) in [5.41, 5.74) is 11.2. The van der Waals surface area contributed by atoms with Crippen LogP contribution in [0, 0.1) is 5.92 Å². The largest absolute Gasteiger partial charge is 0.480 e. The van der Waals surface area contributed by atoms with E-state index in [1.165, 1.54) is 6.92 Å². The molecule has 0 saturated carbocycles. The summed E-state index contributed by atoms with van der Waals surface area (Å²) in [7, 11) is 0. The van der Waals surface area contributed by atoms with Gasteiger partial charge in [0.1, 0.15) is 6.04 Å². The Bertz CT molecular complexity index is 442. The molecule has 25 heavy (non-hydrogen) atoms. The third kappa shape index (κ3) is 9.37. The van der Waals surface area contributed by atoms with Gasteiger partial charge in [-0.15, -0.1) is 0 Å². The minimum absolute atomic E-state index is 0.0827. The number of aliphatic hydroxyl groups is 1. The van der Waals surface area contributed by atoms with Crippen LogP contribution in [0.1, 0.15) is 46.5 Å². The number of rotatable bonds is 12. The van der Waals surface area contributed by atoms with E-state index in [4.69, 9.17) is 16.6 Å². The van der Waals surface area contributed by atoms with Gasteiger partial charge in [0.15, 0.2) is 6.04 Å². The first kappa shape index (κ1) is 23.3. The van der Waals surface area contributed by atoms with Gasteiger partial charge in [0, 0.05) is 0 Å². The number of nitrogens with two attached hydrogens (primary N) is 2. The van der Waals surface area contributed by atoms with E-state index in [9.17, 15) is 19.5 Å².